The Morgan fingerprint density at radius 1 is 1.44 bits per heavy atom. The molecule has 0 aliphatic heterocycles. The summed E-state index contributed by atoms with van der Waals surface area (Å²) in [6.45, 7) is 3.95. The summed E-state index contributed by atoms with van der Waals surface area (Å²) < 4.78 is 0. The van der Waals surface area contributed by atoms with Crippen molar-refractivity contribution in [3.05, 3.63) is 29.6 Å². The minimum Gasteiger partial charge on any atom is -0.301 e. The molecule has 0 unspecified atom stereocenters. The Kier molecular flexibility index (Phi) is 4.25. The fraction of sp³-hybridized carbons (Fsp3) is 0.286. The molecule has 0 atom stereocenters. The summed E-state index contributed by atoms with van der Waals surface area (Å²) in [6.07, 6.45) is 1.79. The number of hydrogen-bond donors (Lipinski definition) is 0. The van der Waals surface area contributed by atoms with Crippen molar-refractivity contribution in [2.75, 3.05) is 0 Å². The summed E-state index contributed by atoms with van der Waals surface area (Å²) in [5.41, 5.74) is 2.11. The van der Waals surface area contributed by atoms with Crippen LogP contribution in [0, 0.1) is 19.9 Å². The van der Waals surface area contributed by atoms with Crippen LogP contribution in [0.5, 0.6) is 0 Å². The van der Waals surface area contributed by atoms with Crippen molar-refractivity contribution in [3.63, 3.8) is 0 Å². The number of hydrogen-bond acceptors (Lipinski definition) is 1. The molecule has 0 aliphatic rings. The molecule has 1 rings (SSSR count). The molecule has 0 saturated carbocycles. The molecule has 0 saturated heterocycles. The second-order valence-electron chi connectivity index (χ2n) is 1.84. The van der Waals surface area contributed by atoms with E-state index < -0.39 is 0 Å². The van der Waals surface area contributed by atoms with Crippen LogP contribution >= 0.6 is 0 Å². The molecule has 0 spiro atoms. The van der Waals surface area contributed by atoms with Crippen LogP contribution in [-0.4, -0.2) is 4.98 Å². The second kappa shape index (κ2) is 4.13. The summed E-state index contributed by atoms with van der Waals surface area (Å²) in [6, 6.07) is 5.00. The van der Waals surface area contributed by atoms with E-state index in [-0.39, 0.29) is 32.7 Å². The van der Waals surface area contributed by atoms with Crippen LogP contribution in [0.15, 0.2) is 12.3 Å². The van der Waals surface area contributed by atoms with Crippen molar-refractivity contribution >= 4 is 0 Å². The van der Waals surface area contributed by atoms with Gasteiger partial charge in [-0.05, 0) is 6.92 Å². The largest absolute Gasteiger partial charge is 0.301 e. The second-order valence-corrected chi connectivity index (χ2v) is 1.84. The Bertz CT molecular complexity index is 169. The van der Waals surface area contributed by atoms with Gasteiger partial charge in [0.1, 0.15) is 0 Å². The van der Waals surface area contributed by atoms with E-state index in [1.54, 1.807) is 6.20 Å². The number of nitrogens with zero attached hydrogens (tertiary/aromatic N) is 1. The van der Waals surface area contributed by atoms with Crippen LogP contribution in [0.1, 0.15) is 11.3 Å². The quantitative estimate of drug-likeness (QED) is 0.571. The molecule has 1 aromatic rings. The molecule has 1 heterocycles. The van der Waals surface area contributed by atoms with Gasteiger partial charge < -0.3 is 4.98 Å². The average Bonchev–Trinajstić information content (AvgIpc) is 1.64. The molecule has 1 nitrogen and oxygen atoms in total. The van der Waals surface area contributed by atoms with Crippen molar-refractivity contribution < 1.29 is 32.7 Å². The first kappa shape index (κ1) is 9.25. The van der Waals surface area contributed by atoms with Gasteiger partial charge in [0.2, 0.25) is 0 Å². The molecular weight excluding hydrogens is 187 g/mol. The van der Waals surface area contributed by atoms with Crippen molar-refractivity contribution in [3.8, 4) is 0 Å². The van der Waals surface area contributed by atoms with Crippen molar-refractivity contribution in [1.29, 1.82) is 0 Å². The normalized spacial score (nSPS) is 8.22. The summed E-state index contributed by atoms with van der Waals surface area (Å²) in [5.74, 6) is 0. The van der Waals surface area contributed by atoms with Crippen molar-refractivity contribution in [2.24, 2.45) is 0 Å². The van der Waals surface area contributed by atoms with E-state index in [2.05, 4.69) is 11.1 Å². The zero-order valence-electron chi connectivity index (χ0n) is 5.68. The third kappa shape index (κ3) is 3.07. The predicted molar refractivity (Wildman–Crippen MR) is 32.5 cm³/mol. The zero-order chi connectivity index (χ0) is 5.98. The van der Waals surface area contributed by atoms with Crippen LogP contribution in [0.2, 0.25) is 0 Å². The summed E-state index contributed by atoms with van der Waals surface area (Å²) in [5, 5.41) is 0. The molecule has 1 aromatic heterocycles. The number of pyridine rings is 1. The van der Waals surface area contributed by atoms with Crippen LogP contribution < -0.4 is 0 Å². The van der Waals surface area contributed by atoms with Gasteiger partial charge in [0, 0.05) is 32.7 Å². The Hall–Kier alpha value is 0.254. The third-order valence-electron chi connectivity index (χ3n) is 0.971. The zero-order valence-corrected chi connectivity index (χ0v) is 8.52. The van der Waals surface area contributed by atoms with Crippen LogP contribution in [0.4, 0.5) is 0 Å². The van der Waals surface area contributed by atoms with E-state index in [4.69, 9.17) is 0 Å². The monoisotopic (exact) mass is 195 g/mol. The molecule has 0 aromatic carbocycles. The maximum Gasteiger partial charge on any atom is 0 e. The SMILES string of the molecule is Cc1[c-]c(C)ncc1.[Y]. The van der Waals surface area contributed by atoms with E-state index in [0.29, 0.717) is 0 Å². The Morgan fingerprint density at radius 2 is 2.11 bits per heavy atom. The molecule has 0 fully saturated rings. The Balaban J connectivity index is 0.000000640. The van der Waals surface area contributed by atoms with Gasteiger partial charge in [-0.3, -0.25) is 0 Å². The summed E-state index contributed by atoms with van der Waals surface area (Å²) in [7, 11) is 0. The van der Waals surface area contributed by atoms with E-state index in [1.165, 1.54) is 0 Å². The van der Waals surface area contributed by atoms with Crippen LogP contribution in [-0.2, 0) is 32.7 Å². The minimum absolute atomic E-state index is 0. The van der Waals surface area contributed by atoms with Crippen molar-refractivity contribution in [2.45, 2.75) is 13.8 Å². The minimum atomic E-state index is 0. The first-order valence-corrected chi connectivity index (χ1v) is 2.60. The van der Waals surface area contributed by atoms with Crippen LogP contribution in [0.3, 0.4) is 0 Å². The first-order valence-electron chi connectivity index (χ1n) is 2.60. The maximum absolute atomic E-state index is 3.98. The standard InChI is InChI=1S/C7H8N.Y/c1-6-3-4-8-7(2)5-6;/h3-4H,1-2H3;/q-1;. The van der Waals surface area contributed by atoms with Gasteiger partial charge in [-0.25, -0.2) is 11.6 Å². The molecule has 9 heavy (non-hydrogen) atoms. The van der Waals surface area contributed by atoms with E-state index >= 15 is 0 Å². The molecule has 1 radical (unpaired) electrons. The van der Waals surface area contributed by atoms with Gasteiger partial charge in [0.15, 0.2) is 0 Å². The fourth-order valence-electron chi connectivity index (χ4n) is 0.620. The first-order chi connectivity index (χ1) is 3.79. The summed E-state index contributed by atoms with van der Waals surface area (Å²) >= 11 is 0. The number of rotatable bonds is 0. The number of aromatic nitrogens is 1. The van der Waals surface area contributed by atoms with Crippen LogP contribution in [0.25, 0.3) is 0 Å². The molecular formula is C7H8NY-. The van der Waals surface area contributed by atoms with E-state index in [0.717, 1.165) is 11.3 Å². The smallest absolute Gasteiger partial charge is 0 e. The average molecular weight is 195 g/mol. The van der Waals surface area contributed by atoms with Gasteiger partial charge in [-0.1, -0.05) is 18.8 Å². The third-order valence-corrected chi connectivity index (χ3v) is 0.971. The maximum atomic E-state index is 3.98. The molecule has 0 amide bonds. The predicted octanol–water partition coefficient (Wildman–Crippen LogP) is 1.50. The molecule has 0 aliphatic carbocycles. The van der Waals surface area contributed by atoms with Gasteiger partial charge >= 0.3 is 0 Å². The fourth-order valence-corrected chi connectivity index (χ4v) is 0.620. The van der Waals surface area contributed by atoms with Crippen molar-refractivity contribution in [1.82, 2.24) is 4.98 Å². The Labute approximate surface area is 80.8 Å². The topological polar surface area (TPSA) is 12.9 Å². The summed E-state index contributed by atoms with van der Waals surface area (Å²) in [4.78, 5) is 3.98. The van der Waals surface area contributed by atoms with E-state index in [1.807, 2.05) is 19.9 Å². The number of aryl methyl sites for hydroxylation is 2. The molecule has 0 N–H and O–H groups in total. The van der Waals surface area contributed by atoms with Gasteiger partial charge in [-0.2, -0.15) is 6.07 Å². The molecule has 0 bridgehead atoms. The van der Waals surface area contributed by atoms with Gasteiger partial charge in [-0.15, -0.1) is 0 Å². The van der Waals surface area contributed by atoms with Gasteiger partial charge in [0.05, 0.1) is 0 Å². The Morgan fingerprint density at radius 3 is 2.44 bits per heavy atom. The van der Waals surface area contributed by atoms with Gasteiger partial charge in [0.25, 0.3) is 0 Å². The van der Waals surface area contributed by atoms with E-state index in [9.17, 15) is 0 Å². The molecule has 45 valence electrons. The molecule has 2 heteroatoms.